The Morgan fingerprint density at radius 3 is 2.00 bits per heavy atom. The summed E-state index contributed by atoms with van der Waals surface area (Å²) in [6.07, 6.45) is 0. The zero-order valence-electron chi connectivity index (χ0n) is 5.80. The van der Waals surface area contributed by atoms with Crippen LogP contribution in [-0.2, 0) is 14.3 Å². The minimum absolute atomic E-state index is 0.165. The third kappa shape index (κ3) is 2.26. The number of esters is 1. The smallest absolute Gasteiger partial charge is 0.315 e. The molecule has 0 aliphatic rings. The Bertz CT molecular complexity index is 128. The van der Waals surface area contributed by atoms with Crippen molar-refractivity contribution in [3.05, 3.63) is 0 Å². The van der Waals surface area contributed by atoms with E-state index in [1.54, 1.807) is 0 Å². The van der Waals surface area contributed by atoms with Crippen molar-refractivity contribution < 1.29 is 14.3 Å². The van der Waals surface area contributed by atoms with Crippen LogP contribution in [0.2, 0.25) is 0 Å². The molecular weight excluding hydrogens is 120 g/mol. The Balaban J connectivity index is 3.88. The minimum atomic E-state index is -0.616. The second-order valence-corrected chi connectivity index (χ2v) is 1.86. The number of methoxy groups -OCH3 is 1. The summed E-state index contributed by atoms with van der Waals surface area (Å²) in [7, 11) is 1.27. The topological polar surface area (TPSA) is 43.4 Å². The third-order valence-corrected chi connectivity index (χ3v) is 1.16. The molecule has 0 bridgehead atoms. The lowest BCUT2D eigenvalue weighted by molar-refractivity contribution is -0.148. The number of carbonyl (C=O) groups is 2. The summed E-state index contributed by atoms with van der Waals surface area (Å²) in [5, 5.41) is 0. The Morgan fingerprint density at radius 2 is 1.89 bits per heavy atom. The van der Waals surface area contributed by atoms with E-state index in [2.05, 4.69) is 4.74 Å². The molecule has 9 heavy (non-hydrogen) atoms. The maximum atomic E-state index is 10.5. The molecule has 0 unspecified atom stereocenters. The molecule has 0 saturated carbocycles. The van der Waals surface area contributed by atoms with Gasteiger partial charge in [0.05, 0.1) is 7.11 Å². The molecular formula is C6H10O3. The van der Waals surface area contributed by atoms with E-state index in [9.17, 15) is 9.59 Å². The highest BCUT2D eigenvalue weighted by atomic mass is 16.5. The molecule has 0 aliphatic carbocycles. The summed E-state index contributed by atoms with van der Waals surface area (Å²) in [5.41, 5.74) is 0. The normalized spacial score (nSPS) is 12.3. The van der Waals surface area contributed by atoms with Crippen LogP contribution in [-0.4, -0.2) is 18.9 Å². The minimum Gasteiger partial charge on any atom is -0.468 e. The largest absolute Gasteiger partial charge is 0.468 e. The monoisotopic (exact) mass is 130 g/mol. The summed E-state index contributed by atoms with van der Waals surface area (Å²) in [4.78, 5) is 21.0. The van der Waals surface area contributed by atoms with Crippen molar-refractivity contribution >= 4 is 11.8 Å². The lowest BCUT2D eigenvalue weighted by Crippen LogP contribution is -2.19. The zero-order chi connectivity index (χ0) is 7.44. The van der Waals surface area contributed by atoms with Gasteiger partial charge < -0.3 is 4.74 Å². The van der Waals surface area contributed by atoms with Gasteiger partial charge in [0, 0.05) is 0 Å². The van der Waals surface area contributed by atoms with Crippen molar-refractivity contribution in [2.24, 2.45) is 5.92 Å². The Labute approximate surface area is 54.0 Å². The average molecular weight is 130 g/mol. The molecule has 0 radical (unpaired) electrons. The second kappa shape index (κ2) is 3.22. The van der Waals surface area contributed by atoms with E-state index in [0.717, 1.165) is 0 Å². The van der Waals surface area contributed by atoms with Crippen molar-refractivity contribution in [1.82, 2.24) is 0 Å². The molecule has 3 nitrogen and oxygen atoms in total. The summed E-state index contributed by atoms with van der Waals surface area (Å²) < 4.78 is 4.31. The first kappa shape index (κ1) is 8.14. The van der Waals surface area contributed by atoms with E-state index in [1.165, 1.54) is 21.0 Å². The second-order valence-electron chi connectivity index (χ2n) is 1.86. The molecule has 0 aromatic rings. The van der Waals surface area contributed by atoms with E-state index in [1.807, 2.05) is 0 Å². The molecule has 0 heterocycles. The van der Waals surface area contributed by atoms with Gasteiger partial charge in [0.2, 0.25) is 0 Å². The first-order valence-corrected chi connectivity index (χ1v) is 2.68. The lowest BCUT2D eigenvalue weighted by Gasteiger charge is -2.02. The van der Waals surface area contributed by atoms with Crippen LogP contribution in [0.25, 0.3) is 0 Å². The maximum absolute atomic E-state index is 10.5. The number of hydrogen-bond donors (Lipinski definition) is 0. The van der Waals surface area contributed by atoms with E-state index in [0.29, 0.717) is 0 Å². The van der Waals surface area contributed by atoms with Crippen molar-refractivity contribution in [2.75, 3.05) is 7.11 Å². The Hall–Kier alpha value is -0.860. The molecule has 0 fully saturated rings. The number of rotatable bonds is 2. The molecule has 0 saturated heterocycles. The quantitative estimate of drug-likeness (QED) is 0.401. The van der Waals surface area contributed by atoms with Gasteiger partial charge in [0.25, 0.3) is 0 Å². The highest BCUT2D eigenvalue weighted by molar-refractivity contribution is 5.97. The number of Topliss-reactive ketones (excluding diaryl/α,β-unsaturated/α-hetero) is 1. The SMILES string of the molecule is COC(=O)[C@H](C)C(C)=O. The molecule has 0 N–H and O–H groups in total. The number of ether oxygens (including phenoxy) is 1. The van der Waals surface area contributed by atoms with Crippen LogP contribution in [0.5, 0.6) is 0 Å². The summed E-state index contributed by atoms with van der Waals surface area (Å²) >= 11 is 0. The van der Waals surface area contributed by atoms with Crippen LogP contribution in [0.15, 0.2) is 0 Å². The number of carbonyl (C=O) groups excluding carboxylic acids is 2. The molecule has 0 aromatic carbocycles. The van der Waals surface area contributed by atoms with E-state index >= 15 is 0 Å². The van der Waals surface area contributed by atoms with Crippen molar-refractivity contribution in [3.63, 3.8) is 0 Å². The van der Waals surface area contributed by atoms with Crippen LogP contribution in [0, 0.1) is 5.92 Å². The molecule has 0 aliphatic heterocycles. The van der Waals surface area contributed by atoms with Gasteiger partial charge in [0.1, 0.15) is 11.7 Å². The van der Waals surface area contributed by atoms with Gasteiger partial charge in [0.15, 0.2) is 0 Å². The van der Waals surface area contributed by atoms with Gasteiger partial charge in [-0.25, -0.2) is 0 Å². The van der Waals surface area contributed by atoms with Crippen LogP contribution in [0.4, 0.5) is 0 Å². The predicted molar refractivity (Wildman–Crippen MR) is 31.9 cm³/mol. The van der Waals surface area contributed by atoms with Crippen LogP contribution in [0.3, 0.4) is 0 Å². The van der Waals surface area contributed by atoms with E-state index < -0.39 is 11.9 Å². The first-order valence-electron chi connectivity index (χ1n) is 2.68. The van der Waals surface area contributed by atoms with Gasteiger partial charge in [-0.2, -0.15) is 0 Å². The number of ketones is 1. The summed E-state index contributed by atoms with van der Waals surface area (Å²) in [6, 6.07) is 0. The van der Waals surface area contributed by atoms with Gasteiger partial charge in [-0.3, -0.25) is 9.59 Å². The highest BCUT2D eigenvalue weighted by Crippen LogP contribution is 1.97. The van der Waals surface area contributed by atoms with Gasteiger partial charge in [-0.1, -0.05) is 0 Å². The fourth-order valence-corrected chi connectivity index (χ4v) is 0.343. The molecule has 1 atom stereocenters. The third-order valence-electron chi connectivity index (χ3n) is 1.16. The van der Waals surface area contributed by atoms with Crippen LogP contribution < -0.4 is 0 Å². The van der Waals surface area contributed by atoms with Crippen molar-refractivity contribution in [3.8, 4) is 0 Å². The summed E-state index contributed by atoms with van der Waals surface area (Å²) in [5.74, 6) is -1.25. The standard InChI is InChI=1S/C6H10O3/c1-4(5(2)7)6(8)9-3/h4H,1-3H3/t4-/m1/s1. The number of hydrogen-bond acceptors (Lipinski definition) is 3. The molecule has 0 amide bonds. The molecule has 0 aromatic heterocycles. The van der Waals surface area contributed by atoms with E-state index in [-0.39, 0.29) is 5.78 Å². The maximum Gasteiger partial charge on any atom is 0.315 e. The van der Waals surface area contributed by atoms with Crippen molar-refractivity contribution in [1.29, 1.82) is 0 Å². The molecule has 0 rings (SSSR count). The Kier molecular flexibility index (Phi) is 2.91. The molecule has 3 heteroatoms. The molecule has 52 valence electrons. The zero-order valence-corrected chi connectivity index (χ0v) is 5.80. The van der Waals surface area contributed by atoms with Crippen molar-refractivity contribution in [2.45, 2.75) is 13.8 Å². The summed E-state index contributed by atoms with van der Waals surface area (Å²) in [6.45, 7) is 2.88. The predicted octanol–water partition coefficient (Wildman–Crippen LogP) is 0.384. The van der Waals surface area contributed by atoms with Crippen LogP contribution >= 0.6 is 0 Å². The lowest BCUT2D eigenvalue weighted by atomic mass is 10.1. The fraction of sp³-hybridized carbons (Fsp3) is 0.667. The van der Waals surface area contributed by atoms with Gasteiger partial charge in [-0.05, 0) is 13.8 Å². The van der Waals surface area contributed by atoms with Crippen LogP contribution in [0.1, 0.15) is 13.8 Å². The van der Waals surface area contributed by atoms with E-state index in [4.69, 9.17) is 0 Å². The fourth-order valence-electron chi connectivity index (χ4n) is 0.343. The molecule has 0 spiro atoms. The first-order chi connectivity index (χ1) is 4.09. The highest BCUT2D eigenvalue weighted by Gasteiger charge is 2.16. The van der Waals surface area contributed by atoms with Gasteiger partial charge in [-0.15, -0.1) is 0 Å². The average Bonchev–Trinajstić information content (AvgIpc) is 1.84. The van der Waals surface area contributed by atoms with Gasteiger partial charge >= 0.3 is 5.97 Å². The Morgan fingerprint density at radius 1 is 1.44 bits per heavy atom.